The molecule has 0 saturated carbocycles. The topological polar surface area (TPSA) is 28.5 Å². The molecule has 0 N–H and O–H groups in total. The Morgan fingerprint density at radius 1 is 1.07 bits per heavy atom. The Kier molecular flexibility index (Phi) is 6.00. The van der Waals surface area contributed by atoms with Crippen LogP contribution in [0.4, 0.5) is 0 Å². The lowest BCUT2D eigenvalue weighted by molar-refractivity contribution is 0.236. The predicted molar refractivity (Wildman–Crippen MR) is 114 cm³/mol. The summed E-state index contributed by atoms with van der Waals surface area (Å²) in [6.07, 6.45) is 9.84. The minimum Gasteiger partial charge on any atom is -0.301 e. The highest BCUT2D eigenvalue weighted by Gasteiger charge is 2.22. The van der Waals surface area contributed by atoms with E-state index < -0.39 is 0 Å². The van der Waals surface area contributed by atoms with Gasteiger partial charge in [-0.3, -0.25) is 9.98 Å². The summed E-state index contributed by atoms with van der Waals surface area (Å²) in [5.74, 6) is 0. The van der Waals surface area contributed by atoms with E-state index in [1.807, 2.05) is 24.4 Å². The lowest BCUT2D eigenvalue weighted by Crippen LogP contribution is -2.37. The molecule has 0 bridgehead atoms. The van der Waals surface area contributed by atoms with Crippen molar-refractivity contribution < 1.29 is 0 Å². The van der Waals surface area contributed by atoms with E-state index in [0.717, 1.165) is 49.6 Å². The van der Waals surface area contributed by atoms with E-state index in [4.69, 9.17) is 11.6 Å². The van der Waals surface area contributed by atoms with Crippen LogP contribution in [0.15, 0.2) is 59.2 Å². The van der Waals surface area contributed by atoms with Crippen molar-refractivity contribution >= 4 is 23.4 Å². The van der Waals surface area contributed by atoms with Crippen molar-refractivity contribution in [3.8, 4) is 0 Å². The van der Waals surface area contributed by atoms with Crippen LogP contribution in [0.1, 0.15) is 43.4 Å². The van der Waals surface area contributed by atoms with Crippen LogP contribution in [0.3, 0.4) is 0 Å². The molecule has 1 unspecified atom stereocenters. The molecule has 140 valence electrons. The first-order chi connectivity index (χ1) is 13.3. The normalized spacial score (nSPS) is 20.6. The number of hydrogen-bond donors (Lipinski definition) is 0. The fourth-order valence-corrected chi connectivity index (χ4v) is 4.22. The number of piperidine rings is 1. The summed E-state index contributed by atoms with van der Waals surface area (Å²) < 4.78 is 0. The zero-order valence-electron chi connectivity index (χ0n) is 15.6. The van der Waals surface area contributed by atoms with Crippen molar-refractivity contribution in [2.24, 2.45) is 4.99 Å². The molecule has 1 atom stereocenters. The average molecular weight is 380 g/mol. The van der Waals surface area contributed by atoms with E-state index in [9.17, 15) is 0 Å². The maximum Gasteiger partial charge on any atom is 0.0707 e. The largest absolute Gasteiger partial charge is 0.301 e. The molecular formula is C23H26ClN3. The van der Waals surface area contributed by atoms with Crippen molar-refractivity contribution in [2.75, 3.05) is 19.6 Å². The lowest BCUT2D eigenvalue weighted by atomic mass is 9.90. The molecule has 1 aromatic heterocycles. The third-order valence-electron chi connectivity index (χ3n) is 5.52. The standard InChI is InChI=1S/C23H26ClN3/c24-20-9-7-18(8-10-20)23(22-6-2-4-14-26-22)19-11-15-27(16-12-19)17-21-5-1-3-13-25-21/h2,4,6-10,13-14,21H,1,3,5,11-12,15-17H2. The van der Waals surface area contributed by atoms with Gasteiger partial charge < -0.3 is 4.90 Å². The van der Waals surface area contributed by atoms with Crippen LogP contribution in [0.2, 0.25) is 5.02 Å². The Hall–Kier alpha value is -1.97. The van der Waals surface area contributed by atoms with E-state index in [2.05, 4.69) is 45.4 Å². The molecule has 3 nitrogen and oxygen atoms in total. The summed E-state index contributed by atoms with van der Waals surface area (Å²) in [4.78, 5) is 11.9. The Morgan fingerprint density at radius 3 is 2.56 bits per heavy atom. The number of aromatic nitrogens is 1. The van der Waals surface area contributed by atoms with Gasteiger partial charge in [-0.25, -0.2) is 0 Å². The molecule has 4 heteroatoms. The maximum absolute atomic E-state index is 6.11. The van der Waals surface area contributed by atoms with Crippen molar-refractivity contribution in [3.05, 3.63) is 70.5 Å². The molecule has 2 aliphatic rings. The van der Waals surface area contributed by atoms with Gasteiger partial charge in [0.25, 0.3) is 0 Å². The number of nitrogens with zero attached hydrogens (tertiary/aromatic N) is 3. The number of benzene rings is 1. The summed E-state index contributed by atoms with van der Waals surface area (Å²) in [5.41, 5.74) is 5.04. The van der Waals surface area contributed by atoms with Gasteiger partial charge in [0.1, 0.15) is 0 Å². The maximum atomic E-state index is 6.11. The lowest BCUT2D eigenvalue weighted by Gasteiger charge is -2.32. The fraction of sp³-hybridized carbons (Fsp3) is 0.391. The first kappa shape index (κ1) is 18.4. The molecule has 1 fully saturated rings. The second-order valence-corrected chi connectivity index (χ2v) is 7.85. The summed E-state index contributed by atoms with van der Waals surface area (Å²) in [5, 5.41) is 0.770. The Morgan fingerprint density at radius 2 is 1.89 bits per heavy atom. The van der Waals surface area contributed by atoms with Gasteiger partial charge in [0.05, 0.1) is 11.7 Å². The number of hydrogen-bond acceptors (Lipinski definition) is 3. The van der Waals surface area contributed by atoms with Crippen LogP contribution in [-0.2, 0) is 0 Å². The van der Waals surface area contributed by atoms with Gasteiger partial charge in [-0.1, -0.05) is 35.4 Å². The molecule has 2 aliphatic heterocycles. The predicted octanol–water partition coefficient (Wildman–Crippen LogP) is 5.26. The molecule has 0 radical (unpaired) electrons. The van der Waals surface area contributed by atoms with Crippen LogP contribution in [-0.4, -0.2) is 41.8 Å². The van der Waals surface area contributed by atoms with Gasteiger partial charge >= 0.3 is 0 Å². The highest BCUT2D eigenvalue weighted by Crippen LogP contribution is 2.32. The van der Waals surface area contributed by atoms with Gasteiger partial charge in [-0.05, 0) is 68.1 Å². The van der Waals surface area contributed by atoms with Crippen molar-refractivity contribution in [1.29, 1.82) is 0 Å². The molecule has 2 aromatic rings. The van der Waals surface area contributed by atoms with Crippen molar-refractivity contribution in [2.45, 2.75) is 38.1 Å². The highest BCUT2D eigenvalue weighted by atomic mass is 35.5. The summed E-state index contributed by atoms with van der Waals surface area (Å²) in [6.45, 7) is 3.31. The van der Waals surface area contributed by atoms with Crippen LogP contribution in [0.5, 0.6) is 0 Å². The van der Waals surface area contributed by atoms with E-state index in [0.29, 0.717) is 6.04 Å². The van der Waals surface area contributed by atoms with Crippen molar-refractivity contribution in [3.63, 3.8) is 0 Å². The summed E-state index contributed by atoms with van der Waals surface area (Å²) in [6, 6.07) is 14.8. The number of aliphatic imine (C=N–C) groups is 1. The molecule has 1 saturated heterocycles. The third kappa shape index (κ3) is 4.66. The van der Waals surface area contributed by atoms with Crippen LogP contribution in [0, 0.1) is 0 Å². The van der Waals surface area contributed by atoms with Crippen LogP contribution >= 0.6 is 11.6 Å². The molecule has 4 rings (SSSR count). The molecule has 0 spiro atoms. The van der Waals surface area contributed by atoms with E-state index in [-0.39, 0.29) is 0 Å². The molecular weight excluding hydrogens is 354 g/mol. The minimum absolute atomic E-state index is 0.496. The Balaban J connectivity index is 1.55. The number of rotatable bonds is 4. The van der Waals surface area contributed by atoms with E-state index in [1.165, 1.54) is 29.6 Å². The summed E-state index contributed by atoms with van der Waals surface area (Å²) in [7, 11) is 0. The number of likely N-dealkylation sites (tertiary alicyclic amines) is 1. The van der Waals surface area contributed by atoms with Gasteiger partial charge in [-0.2, -0.15) is 0 Å². The molecule has 0 aliphatic carbocycles. The molecule has 1 aromatic carbocycles. The number of pyridine rings is 1. The quantitative estimate of drug-likeness (QED) is 0.725. The minimum atomic E-state index is 0.496. The Labute approximate surface area is 166 Å². The zero-order chi connectivity index (χ0) is 18.5. The summed E-state index contributed by atoms with van der Waals surface area (Å²) >= 11 is 6.11. The highest BCUT2D eigenvalue weighted by molar-refractivity contribution is 6.30. The zero-order valence-corrected chi connectivity index (χ0v) is 16.4. The molecule has 27 heavy (non-hydrogen) atoms. The smallest absolute Gasteiger partial charge is 0.0707 e. The van der Waals surface area contributed by atoms with Crippen LogP contribution in [0.25, 0.3) is 5.57 Å². The number of halogens is 1. The SMILES string of the molecule is Clc1ccc(C(=C2CCN(CC3CCCC=N3)CC2)c2ccccn2)cc1. The second-order valence-electron chi connectivity index (χ2n) is 7.42. The second kappa shape index (κ2) is 8.81. The van der Waals surface area contributed by atoms with Gasteiger partial charge in [0.2, 0.25) is 0 Å². The molecule has 3 heterocycles. The molecule has 0 amide bonds. The van der Waals surface area contributed by atoms with Gasteiger partial charge in [0, 0.05) is 36.4 Å². The van der Waals surface area contributed by atoms with Gasteiger partial charge in [0.15, 0.2) is 0 Å². The monoisotopic (exact) mass is 379 g/mol. The van der Waals surface area contributed by atoms with E-state index >= 15 is 0 Å². The van der Waals surface area contributed by atoms with Crippen LogP contribution < -0.4 is 0 Å². The average Bonchev–Trinajstić information content (AvgIpc) is 2.73. The Bertz CT molecular complexity index is 801. The fourth-order valence-electron chi connectivity index (χ4n) is 4.10. The first-order valence-corrected chi connectivity index (χ1v) is 10.3. The first-order valence-electron chi connectivity index (χ1n) is 9.93. The van der Waals surface area contributed by atoms with E-state index in [1.54, 1.807) is 0 Å². The van der Waals surface area contributed by atoms with Crippen molar-refractivity contribution in [1.82, 2.24) is 9.88 Å². The van der Waals surface area contributed by atoms with Gasteiger partial charge in [-0.15, -0.1) is 0 Å². The third-order valence-corrected chi connectivity index (χ3v) is 5.77.